The predicted octanol–water partition coefficient (Wildman–Crippen LogP) is -0.502. The number of piperazine rings is 1. The van der Waals surface area contributed by atoms with E-state index in [0.29, 0.717) is 31.9 Å². The molecule has 0 spiro atoms. The zero-order valence-corrected chi connectivity index (χ0v) is 16.9. The minimum atomic E-state index is -0.733. The second-order valence-electron chi connectivity index (χ2n) is 8.28. The Morgan fingerprint density at radius 1 is 1.35 bits per heavy atom. The van der Waals surface area contributed by atoms with Crippen LogP contribution in [0.4, 0.5) is 5.69 Å². The number of fused-ring (bicyclic) bond motifs is 2. The van der Waals surface area contributed by atoms with Gasteiger partial charge in [0.2, 0.25) is 17.6 Å². The number of nitrogens with two attached hydrogens (primary N) is 1. The Balaban J connectivity index is 1.23. The van der Waals surface area contributed by atoms with Gasteiger partial charge >= 0.3 is 0 Å². The number of nitrogens with one attached hydrogen (secondary N) is 1. The Labute approximate surface area is 178 Å². The average molecular weight is 421 g/mol. The fourth-order valence-electron chi connectivity index (χ4n) is 4.97. The summed E-state index contributed by atoms with van der Waals surface area (Å²) in [7, 11) is 0. The van der Waals surface area contributed by atoms with Gasteiger partial charge in [-0.15, -0.1) is 10.2 Å². The molecular formula is C20H23N9O2. The normalized spacial score (nSPS) is 26.5. The van der Waals surface area contributed by atoms with Crippen LogP contribution in [0.5, 0.6) is 0 Å². The fourth-order valence-corrected chi connectivity index (χ4v) is 4.97. The Hall–Kier alpha value is -3.36. The second kappa shape index (κ2) is 7.72. The van der Waals surface area contributed by atoms with Gasteiger partial charge in [-0.2, -0.15) is 10.5 Å². The summed E-state index contributed by atoms with van der Waals surface area (Å²) in [4.78, 5) is 31.2. The van der Waals surface area contributed by atoms with Crippen molar-refractivity contribution in [3.63, 3.8) is 0 Å². The molecule has 3 fully saturated rings. The van der Waals surface area contributed by atoms with E-state index >= 15 is 0 Å². The van der Waals surface area contributed by atoms with E-state index in [0.717, 1.165) is 24.1 Å². The number of benzene rings is 1. The lowest BCUT2D eigenvalue weighted by Crippen LogP contribution is -2.56. The van der Waals surface area contributed by atoms with E-state index in [1.54, 1.807) is 4.90 Å². The van der Waals surface area contributed by atoms with Crippen molar-refractivity contribution >= 4 is 17.5 Å². The molecule has 3 saturated heterocycles. The summed E-state index contributed by atoms with van der Waals surface area (Å²) in [5.74, 6) is 0.328. The smallest absolute Gasteiger partial charge is 0.244 e. The summed E-state index contributed by atoms with van der Waals surface area (Å²) >= 11 is 0. The molecule has 0 aliphatic carbocycles. The highest BCUT2D eigenvalue weighted by molar-refractivity contribution is 6.01. The van der Waals surface area contributed by atoms with Crippen molar-refractivity contribution in [3.8, 4) is 17.5 Å². The van der Waals surface area contributed by atoms with Gasteiger partial charge in [-0.05, 0) is 48.7 Å². The maximum Gasteiger partial charge on any atom is 0.244 e. The van der Waals surface area contributed by atoms with Gasteiger partial charge < -0.3 is 15.5 Å². The number of hydrogen-bond donors (Lipinski definition) is 2. The summed E-state index contributed by atoms with van der Waals surface area (Å²) < 4.78 is 0. The largest absolute Gasteiger partial charge is 0.325 e. The van der Waals surface area contributed by atoms with Crippen LogP contribution < -0.4 is 10.6 Å². The Morgan fingerprint density at radius 2 is 2.16 bits per heavy atom. The lowest BCUT2D eigenvalue weighted by Gasteiger charge is -2.35. The molecule has 11 nitrogen and oxygen atoms in total. The quantitative estimate of drug-likeness (QED) is 0.656. The first-order chi connectivity index (χ1) is 15.1. The number of H-pyrrole nitrogens is 1. The molecule has 1 unspecified atom stereocenters. The lowest BCUT2D eigenvalue weighted by atomic mass is 10.1. The van der Waals surface area contributed by atoms with Crippen LogP contribution in [0.2, 0.25) is 0 Å². The number of amides is 2. The van der Waals surface area contributed by atoms with Crippen LogP contribution in [-0.2, 0) is 9.59 Å². The fraction of sp³-hybridized carbons (Fsp3) is 0.500. The van der Waals surface area contributed by atoms with Crippen molar-refractivity contribution < 1.29 is 9.59 Å². The maximum absolute atomic E-state index is 13.1. The molecule has 1 aromatic carbocycles. The zero-order valence-electron chi connectivity index (χ0n) is 16.9. The number of carbonyl (C=O) groups is 2. The van der Waals surface area contributed by atoms with Gasteiger partial charge in [0.25, 0.3) is 0 Å². The number of nitriles is 1. The molecule has 2 amide bonds. The molecule has 11 heteroatoms. The van der Waals surface area contributed by atoms with Gasteiger partial charge in [-0.3, -0.25) is 14.5 Å². The van der Waals surface area contributed by atoms with Gasteiger partial charge in [-0.1, -0.05) is 0 Å². The van der Waals surface area contributed by atoms with Crippen molar-refractivity contribution in [2.24, 2.45) is 5.73 Å². The number of carbonyl (C=O) groups excluding carboxylic acids is 2. The SMILES string of the molecule is N#C[C@@H]1CCCN1C(=O)[C@@H](N)CN1CC2C[C@H]1C(=O)N2c1ccc(-c2nn[nH]n2)cc1. The topological polar surface area (TPSA) is 148 Å². The van der Waals surface area contributed by atoms with E-state index in [2.05, 4.69) is 26.7 Å². The van der Waals surface area contributed by atoms with Crippen LogP contribution >= 0.6 is 0 Å². The van der Waals surface area contributed by atoms with E-state index in [1.807, 2.05) is 34.1 Å². The Morgan fingerprint density at radius 3 is 2.84 bits per heavy atom. The summed E-state index contributed by atoms with van der Waals surface area (Å²) in [6, 6.07) is 8.35. The molecule has 0 saturated carbocycles. The molecule has 160 valence electrons. The summed E-state index contributed by atoms with van der Waals surface area (Å²) in [6.07, 6.45) is 2.24. The number of aromatic nitrogens is 4. The molecule has 5 rings (SSSR count). The molecule has 3 N–H and O–H groups in total. The number of rotatable bonds is 5. The van der Waals surface area contributed by atoms with E-state index in [1.165, 1.54) is 0 Å². The van der Waals surface area contributed by atoms with E-state index in [-0.39, 0.29) is 29.9 Å². The number of nitrogens with zero attached hydrogens (tertiary/aromatic N) is 7. The average Bonchev–Trinajstić information content (AvgIpc) is 3.57. The first-order valence-corrected chi connectivity index (χ1v) is 10.4. The van der Waals surface area contributed by atoms with E-state index in [9.17, 15) is 14.9 Å². The molecule has 0 radical (unpaired) electrons. The van der Waals surface area contributed by atoms with Gasteiger partial charge in [0, 0.05) is 30.9 Å². The third-order valence-electron chi connectivity index (χ3n) is 6.45. The molecular weight excluding hydrogens is 398 g/mol. The highest BCUT2D eigenvalue weighted by Gasteiger charge is 2.50. The van der Waals surface area contributed by atoms with Gasteiger partial charge in [0.1, 0.15) is 6.04 Å². The number of tetrazole rings is 1. The van der Waals surface area contributed by atoms with Crippen molar-refractivity contribution in [1.82, 2.24) is 30.4 Å². The first-order valence-electron chi connectivity index (χ1n) is 10.4. The van der Waals surface area contributed by atoms with Crippen molar-refractivity contribution in [1.29, 1.82) is 5.26 Å². The molecule has 3 aliphatic heterocycles. The monoisotopic (exact) mass is 421 g/mol. The number of likely N-dealkylation sites (tertiary alicyclic amines) is 2. The standard InChI is InChI=1S/C20H23N9O2/c21-9-14-2-1-7-28(14)19(30)16(22)11-27-10-15-8-17(27)20(31)29(15)13-5-3-12(4-6-13)18-23-25-26-24-18/h3-6,14-17H,1-2,7-8,10-11,22H2,(H,23,24,25,26)/t14-,15?,16-,17-/m0/s1. The molecule has 2 aromatic rings. The number of aromatic amines is 1. The second-order valence-corrected chi connectivity index (χ2v) is 8.28. The molecule has 1 aromatic heterocycles. The molecule has 4 heterocycles. The minimum Gasteiger partial charge on any atom is -0.325 e. The van der Waals surface area contributed by atoms with Crippen molar-refractivity contribution in [2.75, 3.05) is 24.5 Å². The number of hydrogen-bond acceptors (Lipinski definition) is 8. The summed E-state index contributed by atoms with van der Waals surface area (Å²) in [6.45, 7) is 1.57. The van der Waals surface area contributed by atoms with Crippen molar-refractivity contribution in [3.05, 3.63) is 24.3 Å². The van der Waals surface area contributed by atoms with Crippen LogP contribution in [-0.4, -0.2) is 86.0 Å². The highest BCUT2D eigenvalue weighted by Crippen LogP contribution is 2.36. The third kappa shape index (κ3) is 3.34. The van der Waals surface area contributed by atoms with Crippen LogP contribution in [0.15, 0.2) is 24.3 Å². The van der Waals surface area contributed by atoms with E-state index in [4.69, 9.17) is 5.73 Å². The third-order valence-corrected chi connectivity index (χ3v) is 6.45. The predicted molar refractivity (Wildman–Crippen MR) is 109 cm³/mol. The summed E-state index contributed by atoms with van der Waals surface area (Å²) in [5, 5.41) is 23.1. The molecule has 3 aliphatic rings. The van der Waals surface area contributed by atoms with Crippen molar-refractivity contribution in [2.45, 2.75) is 43.4 Å². The van der Waals surface area contributed by atoms with Crippen LogP contribution in [0.1, 0.15) is 19.3 Å². The van der Waals surface area contributed by atoms with Gasteiger partial charge in [0.05, 0.1) is 24.2 Å². The zero-order chi connectivity index (χ0) is 21.5. The Kier molecular flexibility index (Phi) is 4.88. The lowest BCUT2D eigenvalue weighted by molar-refractivity contribution is -0.134. The van der Waals surface area contributed by atoms with Gasteiger partial charge in [-0.25, -0.2) is 0 Å². The number of anilines is 1. The van der Waals surface area contributed by atoms with Crippen LogP contribution in [0.3, 0.4) is 0 Å². The van der Waals surface area contributed by atoms with Crippen LogP contribution in [0, 0.1) is 11.3 Å². The highest BCUT2D eigenvalue weighted by atomic mass is 16.2. The first kappa shape index (κ1) is 19.6. The van der Waals surface area contributed by atoms with E-state index < -0.39 is 6.04 Å². The Bertz CT molecular complexity index is 1020. The summed E-state index contributed by atoms with van der Waals surface area (Å²) in [5.41, 5.74) is 7.84. The minimum absolute atomic E-state index is 0.0271. The molecule has 4 atom stereocenters. The maximum atomic E-state index is 13.1. The van der Waals surface area contributed by atoms with Gasteiger partial charge in [0.15, 0.2) is 0 Å². The molecule has 31 heavy (non-hydrogen) atoms. The van der Waals surface area contributed by atoms with Crippen LogP contribution in [0.25, 0.3) is 11.4 Å². The molecule has 2 bridgehead atoms.